The van der Waals surface area contributed by atoms with Gasteiger partial charge in [-0.15, -0.1) is 16.8 Å². The van der Waals surface area contributed by atoms with Gasteiger partial charge in [0.05, 0.1) is 0 Å². The molecule has 3 heteroatoms. The molecule has 13 heavy (non-hydrogen) atoms. The molecule has 0 unspecified atom stereocenters. The first-order valence-electron chi connectivity index (χ1n) is 3.96. The van der Waals surface area contributed by atoms with E-state index in [0.29, 0.717) is 5.82 Å². The normalized spacial score (nSPS) is 11.2. The minimum atomic E-state index is 0. The number of hydrogen-bond acceptors (Lipinski definition) is 1. The van der Waals surface area contributed by atoms with Gasteiger partial charge in [-0.25, -0.2) is 6.92 Å². The van der Waals surface area contributed by atoms with Gasteiger partial charge in [-0.2, -0.15) is 5.82 Å². The molecule has 69 valence electrons. The largest absolute Gasteiger partial charge is 0.512 e. The summed E-state index contributed by atoms with van der Waals surface area (Å²) < 4.78 is 1.84. The molecule has 1 heterocycles. The second-order valence-electron chi connectivity index (χ2n) is 2.92. The molecule has 0 aliphatic carbocycles. The third-order valence-corrected chi connectivity index (χ3v) is 2.22. The Morgan fingerprint density at radius 3 is 2.23 bits per heavy atom. The summed E-state index contributed by atoms with van der Waals surface area (Å²) in [5.74, 6) is 0.615. The fourth-order valence-electron chi connectivity index (χ4n) is 1.13. The summed E-state index contributed by atoms with van der Waals surface area (Å²) in [5.41, 5.74) is 9.24. The van der Waals surface area contributed by atoms with Crippen molar-refractivity contribution in [1.82, 2.24) is 4.57 Å². The molecular weight excluding hydrogens is 237 g/mol. The Morgan fingerprint density at radius 2 is 1.92 bits per heavy atom. The van der Waals surface area contributed by atoms with Crippen molar-refractivity contribution in [3.8, 4) is 0 Å². The van der Waals surface area contributed by atoms with E-state index in [1.165, 1.54) is 5.56 Å². The van der Waals surface area contributed by atoms with Crippen LogP contribution in [0.5, 0.6) is 0 Å². The average molecular weight is 251 g/mol. The number of rotatable bonds is 1. The zero-order valence-corrected chi connectivity index (χ0v) is 11.4. The zero-order valence-electron chi connectivity index (χ0n) is 8.60. The molecule has 0 bridgehead atoms. The number of nitrogens with zero attached hydrogens (tertiary/aromatic N) is 1. The Balaban J connectivity index is 0.00000144. The van der Waals surface area contributed by atoms with Gasteiger partial charge < -0.3 is 16.4 Å². The summed E-state index contributed by atoms with van der Waals surface area (Å²) in [7, 11) is 0. The Bertz CT molecular complexity index is 324. The zero-order chi connectivity index (χ0) is 9.30. The summed E-state index contributed by atoms with van der Waals surface area (Å²) in [6.07, 6.45) is 6.04. The van der Waals surface area contributed by atoms with Crippen LogP contribution in [0.3, 0.4) is 0 Å². The van der Waals surface area contributed by atoms with E-state index >= 15 is 0 Å². The van der Waals surface area contributed by atoms with Crippen molar-refractivity contribution in [3.05, 3.63) is 29.1 Å². The smallest absolute Gasteiger partial charge is 0 e. The van der Waals surface area contributed by atoms with Gasteiger partial charge in [-0.3, -0.25) is 0 Å². The Kier molecular flexibility index (Phi) is 4.94. The van der Waals surface area contributed by atoms with Crippen LogP contribution in [0, 0.1) is 33.0 Å². The van der Waals surface area contributed by atoms with Crippen molar-refractivity contribution in [2.75, 3.05) is 0 Å². The van der Waals surface area contributed by atoms with E-state index in [0.717, 1.165) is 11.3 Å². The van der Waals surface area contributed by atoms with E-state index in [9.17, 15) is 0 Å². The molecule has 0 fully saturated rings. The van der Waals surface area contributed by atoms with Crippen molar-refractivity contribution in [1.29, 1.82) is 0 Å². The summed E-state index contributed by atoms with van der Waals surface area (Å²) in [6.45, 7) is 7.93. The SMILES string of the molecule is C[C-]=C(N)n1[c-]c(C)c(C)c1C.[Y]. The minimum Gasteiger partial charge on any atom is -0.512 e. The van der Waals surface area contributed by atoms with Gasteiger partial charge in [0.15, 0.2) is 0 Å². The summed E-state index contributed by atoms with van der Waals surface area (Å²) in [5, 5.41) is 0. The summed E-state index contributed by atoms with van der Waals surface area (Å²) in [4.78, 5) is 0. The predicted octanol–water partition coefficient (Wildman–Crippen LogP) is 1.79. The van der Waals surface area contributed by atoms with Crippen LogP contribution in [0.1, 0.15) is 23.7 Å². The number of aryl methyl sites for hydroxylation is 1. The molecule has 0 aliphatic heterocycles. The quantitative estimate of drug-likeness (QED) is 0.758. The van der Waals surface area contributed by atoms with Crippen molar-refractivity contribution in [3.63, 3.8) is 0 Å². The molecule has 0 aromatic carbocycles. The fourth-order valence-corrected chi connectivity index (χ4v) is 1.13. The third kappa shape index (κ3) is 2.44. The van der Waals surface area contributed by atoms with E-state index in [1.807, 2.05) is 18.4 Å². The van der Waals surface area contributed by atoms with Crippen molar-refractivity contribution < 1.29 is 32.7 Å². The van der Waals surface area contributed by atoms with Crippen molar-refractivity contribution in [2.45, 2.75) is 27.7 Å². The topological polar surface area (TPSA) is 30.9 Å². The molecule has 0 saturated carbocycles. The Hall–Kier alpha value is -0.0761. The van der Waals surface area contributed by atoms with Crippen LogP contribution in [0.2, 0.25) is 0 Å². The molecule has 2 nitrogen and oxygen atoms in total. The van der Waals surface area contributed by atoms with Crippen LogP contribution >= 0.6 is 0 Å². The van der Waals surface area contributed by atoms with Gasteiger partial charge in [0.2, 0.25) is 0 Å². The van der Waals surface area contributed by atoms with Crippen LogP contribution in [-0.2, 0) is 32.7 Å². The Labute approximate surface area is 105 Å². The van der Waals surface area contributed by atoms with E-state index in [1.54, 1.807) is 6.92 Å². The molecule has 1 radical (unpaired) electrons. The first-order chi connectivity index (χ1) is 5.57. The van der Waals surface area contributed by atoms with Crippen molar-refractivity contribution in [2.24, 2.45) is 5.73 Å². The summed E-state index contributed by atoms with van der Waals surface area (Å²) >= 11 is 0. The third-order valence-electron chi connectivity index (χ3n) is 2.22. The van der Waals surface area contributed by atoms with Gasteiger partial charge >= 0.3 is 0 Å². The van der Waals surface area contributed by atoms with Crippen LogP contribution < -0.4 is 5.73 Å². The van der Waals surface area contributed by atoms with Crippen LogP contribution in [-0.4, -0.2) is 4.57 Å². The first-order valence-corrected chi connectivity index (χ1v) is 3.96. The van der Waals surface area contributed by atoms with E-state index in [-0.39, 0.29) is 32.7 Å². The molecule has 1 aromatic rings. The van der Waals surface area contributed by atoms with Crippen molar-refractivity contribution >= 4 is 5.82 Å². The Morgan fingerprint density at radius 1 is 1.38 bits per heavy atom. The fraction of sp³-hybridized carbons (Fsp3) is 0.400. The molecule has 1 rings (SSSR count). The predicted molar refractivity (Wildman–Crippen MR) is 50.3 cm³/mol. The van der Waals surface area contributed by atoms with Gasteiger partial charge in [-0.05, 0) is 0 Å². The van der Waals surface area contributed by atoms with Gasteiger partial charge in [-0.1, -0.05) is 27.0 Å². The van der Waals surface area contributed by atoms with Crippen LogP contribution in [0.4, 0.5) is 0 Å². The molecule has 1 aromatic heterocycles. The monoisotopic (exact) mass is 251 g/mol. The molecular formula is C10H14N2Y-2. The molecule has 2 N–H and O–H groups in total. The minimum absolute atomic E-state index is 0. The molecule has 0 spiro atoms. The molecule has 0 saturated heterocycles. The number of aromatic nitrogens is 1. The maximum atomic E-state index is 5.71. The first kappa shape index (κ1) is 12.9. The second-order valence-corrected chi connectivity index (χ2v) is 2.92. The van der Waals surface area contributed by atoms with E-state index < -0.39 is 0 Å². The van der Waals surface area contributed by atoms with E-state index in [2.05, 4.69) is 19.2 Å². The second kappa shape index (κ2) is 4.97. The average Bonchev–Trinajstić information content (AvgIpc) is 2.32. The van der Waals surface area contributed by atoms with E-state index in [4.69, 9.17) is 5.73 Å². The molecule has 0 atom stereocenters. The maximum absolute atomic E-state index is 5.71. The number of nitrogens with two attached hydrogens (primary N) is 1. The maximum Gasteiger partial charge on any atom is 0 e. The van der Waals surface area contributed by atoms with Gasteiger partial charge in [0.1, 0.15) is 0 Å². The van der Waals surface area contributed by atoms with Crippen LogP contribution in [0.25, 0.3) is 5.82 Å². The van der Waals surface area contributed by atoms with Crippen LogP contribution in [0.15, 0.2) is 0 Å². The molecule has 0 aliphatic rings. The number of allylic oxidation sites excluding steroid dienone is 1. The standard InChI is InChI=1S/C10H14N2.Y/c1-5-10(11)12-6-7(2)8(3)9(12)4;/h11H2,1-4H3;/q-2;. The number of hydrogen-bond donors (Lipinski definition) is 1. The van der Waals surface area contributed by atoms with Gasteiger partial charge in [0.25, 0.3) is 0 Å². The molecule has 0 amide bonds. The van der Waals surface area contributed by atoms with Gasteiger partial charge in [0, 0.05) is 32.7 Å². The summed E-state index contributed by atoms with van der Waals surface area (Å²) in [6, 6.07) is 0.